The highest BCUT2D eigenvalue weighted by molar-refractivity contribution is 5.97. The van der Waals surface area contributed by atoms with Gasteiger partial charge in [-0.15, -0.1) is 0 Å². The lowest BCUT2D eigenvalue weighted by atomic mass is 10.1. The molecule has 2 N–H and O–H groups in total. The van der Waals surface area contributed by atoms with Crippen LogP contribution in [-0.2, 0) is 4.79 Å². The molecule has 142 valence electrons. The topological polar surface area (TPSA) is 61.4 Å². The van der Waals surface area contributed by atoms with Crippen molar-refractivity contribution in [2.75, 3.05) is 28.6 Å². The average Bonchev–Trinajstić information content (AvgIpc) is 2.69. The van der Waals surface area contributed by atoms with Crippen LogP contribution in [0.3, 0.4) is 0 Å². The fourth-order valence-electron chi connectivity index (χ4n) is 3.27. The quantitative estimate of drug-likeness (QED) is 0.749. The van der Waals surface area contributed by atoms with Crippen LogP contribution < -0.4 is 15.5 Å². The van der Waals surface area contributed by atoms with E-state index in [-0.39, 0.29) is 17.7 Å². The first kappa shape index (κ1) is 19.0. The number of rotatable bonds is 6. The maximum atomic E-state index is 12.4. The molecule has 0 saturated carbocycles. The Bertz CT molecular complexity index is 778. The molecular formula is C22H27N3O2. The molecule has 5 nitrogen and oxygen atoms in total. The van der Waals surface area contributed by atoms with Gasteiger partial charge in [-0.05, 0) is 81.6 Å². The zero-order chi connectivity index (χ0) is 19.2. The van der Waals surface area contributed by atoms with Crippen molar-refractivity contribution in [3.63, 3.8) is 0 Å². The number of nitrogens with zero attached hydrogens (tertiary/aromatic N) is 1. The number of hydrogen-bond acceptors (Lipinski definition) is 4. The number of anilines is 3. The van der Waals surface area contributed by atoms with E-state index in [9.17, 15) is 9.59 Å². The summed E-state index contributed by atoms with van der Waals surface area (Å²) in [5.74, 6) is -0.110. The molecule has 0 spiro atoms. The van der Waals surface area contributed by atoms with Gasteiger partial charge in [-0.2, -0.15) is 0 Å². The van der Waals surface area contributed by atoms with Crippen LogP contribution in [0, 0.1) is 0 Å². The van der Waals surface area contributed by atoms with Gasteiger partial charge in [-0.1, -0.05) is 0 Å². The summed E-state index contributed by atoms with van der Waals surface area (Å²) in [6.45, 7) is 5.59. The Hall–Kier alpha value is -2.82. The van der Waals surface area contributed by atoms with E-state index in [0.29, 0.717) is 11.3 Å². The van der Waals surface area contributed by atoms with Crippen molar-refractivity contribution in [3.05, 3.63) is 54.1 Å². The summed E-state index contributed by atoms with van der Waals surface area (Å²) >= 11 is 0. The summed E-state index contributed by atoms with van der Waals surface area (Å²) in [6.07, 6.45) is 3.83. The number of nitrogens with one attached hydrogen (secondary N) is 2. The molecule has 27 heavy (non-hydrogen) atoms. The second-order valence-corrected chi connectivity index (χ2v) is 7.08. The van der Waals surface area contributed by atoms with Crippen LogP contribution in [0.25, 0.3) is 0 Å². The number of carbonyl (C=O) groups excluding carboxylic acids is 2. The summed E-state index contributed by atoms with van der Waals surface area (Å²) in [6, 6.07) is 14.8. The van der Waals surface area contributed by atoms with Crippen LogP contribution in [0.15, 0.2) is 48.5 Å². The minimum Gasteiger partial charge on any atom is -0.374 e. The van der Waals surface area contributed by atoms with Gasteiger partial charge in [0.1, 0.15) is 6.04 Å². The zero-order valence-electron chi connectivity index (χ0n) is 16.0. The Morgan fingerprint density at radius 1 is 0.889 bits per heavy atom. The van der Waals surface area contributed by atoms with Gasteiger partial charge < -0.3 is 15.5 Å². The molecule has 1 aliphatic rings. The third-order valence-electron chi connectivity index (χ3n) is 4.92. The lowest BCUT2D eigenvalue weighted by Gasteiger charge is -2.29. The Kier molecular flexibility index (Phi) is 6.12. The van der Waals surface area contributed by atoms with E-state index in [1.165, 1.54) is 31.9 Å². The smallest absolute Gasteiger partial charge is 0.246 e. The Labute approximate surface area is 160 Å². The number of benzene rings is 2. The van der Waals surface area contributed by atoms with Crippen molar-refractivity contribution in [1.29, 1.82) is 0 Å². The van der Waals surface area contributed by atoms with Crippen molar-refractivity contribution >= 4 is 28.8 Å². The fourth-order valence-corrected chi connectivity index (χ4v) is 3.27. The molecule has 0 bridgehead atoms. The van der Waals surface area contributed by atoms with Crippen LogP contribution >= 0.6 is 0 Å². The third kappa shape index (κ3) is 5.09. The molecule has 1 aliphatic heterocycles. The number of hydrogen-bond donors (Lipinski definition) is 2. The molecule has 1 heterocycles. The summed E-state index contributed by atoms with van der Waals surface area (Å²) < 4.78 is 0. The maximum absolute atomic E-state index is 12.4. The normalized spacial score (nSPS) is 15.1. The number of ketones is 1. The van der Waals surface area contributed by atoms with Crippen LogP contribution in [-0.4, -0.2) is 30.8 Å². The first-order valence-corrected chi connectivity index (χ1v) is 9.56. The zero-order valence-corrected chi connectivity index (χ0v) is 16.0. The summed E-state index contributed by atoms with van der Waals surface area (Å²) in [4.78, 5) is 26.1. The number of Topliss-reactive ketones (excluding diaryl/α,β-unsaturated/α-hetero) is 1. The lowest BCUT2D eigenvalue weighted by Crippen LogP contribution is -2.32. The maximum Gasteiger partial charge on any atom is 0.246 e. The number of carbonyl (C=O) groups is 2. The second kappa shape index (κ2) is 8.71. The van der Waals surface area contributed by atoms with E-state index in [4.69, 9.17) is 0 Å². The van der Waals surface area contributed by atoms with E-state index in [1.807, 2.05) is 19.1 Å². The SMILES string of the molecule is CC(=O)c1ccc(NC(=O)C(C)Nc2ccc(N3CCCCC3)cc2)cc1. The highest BCUT2D eigenvalue weighted by atomic mass is 16.2. The van der Waals surface area contributed by atoms with Gasteiger partial charge in [0.2, 0.25) is 5.91 Å². The monoisotopic (exact) mass is 365 g/mol. The van der Waals surface area contributed by atoms with Gasteiger partial charge in [0.05, 0.1) is 0 Å². The fraction of sp³-hybridized carbons (Fsp3) is 0.364. The molecule has 1 unspecified atom stereocenters. The van der Waals surface area contributed by atoms with Gasteiger partial charge in [0.15, 0.2) is 5.78 Å². The molecule has 1 fully saturated rings. The molecular weight excluding hydrogens is 338 g/mol. The Morgan fingerprint density at radius 2 is 1.48 bits per heavy atom. The average molecular weight is 365 g/mol. The minimum absolute atomic E-state index is 0.0101. The van der Waals surface area contributed by atoms with Gasteiger partial charge in [0, 0.05) is 35.7 Å². The third-order valence-corrected chi connectivity index (χ3v) is 4.92. The first-order chi connectivity index (χ1) is 13.0. The molecule has 1 amide bonds. The van der Waals surface area contributed by atoms with Crippen LogP contribution in [0.2, 0.25) is 0 Å². The Balaban J connectivity index is 1.55. The lowest BCUT2D eigenvalue weighted by molar-refractivity contribution is -0.116. The van der Waals surface area contributed by atoms with E-state index in [1.54, 1.807) is 24.3 Å². The van der Waals surface area contributed by atoms with E-state index < -0.39 is 0 Å². The second-order valence-electron chi connectivity index (χ2n) is 7.08. The summed E-state index contributed by atoms with van der Waals surface area (Å²) in [5.41, 5.74) is 3.47. The predicted molar refractivity (Wildman–Crippen MR) is 111 cm³/mol. The molecule has 2 aromatic carbocycles. The van der Waals surface area contributed by atoms with Crippen LogP contribution in [0.1, 0.15) is 43.5 Å². The largest absolute Gasteiger partial charge is 0.374 e. The molecule has 0 aromatic heterocycles. The van der Waals surface area contributed by atoms with Gasteiger partial charge in [0.25, 0.3) is 0 Å². The highest BCUT2D eigenvalue weighted by Crippen LogP contribution is 2.22. The Morgan fingerprint density at radius 3 is 2.07 bits per heavy atom. The van der Waals surface area contributed by atoms with Crippen molar-refractivity contribution in [3.8, 4) is 0 Å². The number of amides is 1. The molecule has 0 aliphatic carbocycles. The highest BCUT2D eigenvalue weighted by Gasteiger charge is 2.14. The summed E-state index contributed by atoms with van der Waals surface area (Å²) in [7, 11) is 0. The van der Waals surface area contributed by atoms with Crippen molar-refractivity contribution < 1.29 is 9.59 Å². The van der Waals surface area contributed by atoms with Crippen molar-refractivity contribution in [1.82, 2.24) is 0 Å². The van der Waals surface area contributed by atoms with Crippen LogP contribution in [0.4, 0.5) is 17.1 Å². The van der Waals surface area contributed by atoms with E-state index in [2.05, 4.69) is 27.7 Å². The van der Waals surface area contributed by atoms with Gasteiger partial charge in [-0.25, -0.2) is 0 Å². The van der Waals surface area contributed by atoms with Gasteiger partial charge >= 0.3 is 0 Å². The standard InChI is InChI=1S/C22H27N3O2/c1-16(22(27)24-20-8-6-18(7-9-20)17(2)26)23-19-10-12-21(13-11-19)25-14-4-3-5-15-25/h6-13,16,23H,3-5,14-15H2,1-2H3,(H,24,27). The van der Waals surface area contributed by atoms with Crippen molar-refractivity contribution in [2.45, 2.75) is 39.2 Å². The molecule has 3 rings (SSSR count). The van der Waals surface area contributed by atoms with Crippen LogP contribution in [0.5, 0.6) is 0 Å². The molecule has 2 aromatic rings. The predicted octanol–water partition coefficient (Wildman–Crippen LogP) is 4.32. The van der Waals surface area contributed by atoms with Crippen molar-refractivity contribution in [2.24, 2.45) is 0 Å². The first-order valence-electron chi connectivity index (χ1n) is 9.56. The number of piperidine rings is 1. The summed E-state index contributed by atoms with van der Waals surface area (Å²) in [5, 5.41) is 6.11. The molecule has 1 saturated heterocycles. The molecule has 1 atom stereocenters. The van der Waals surface area contributed by atoms with E-state index >= 15 is 0 Å². The van der Waals surface area contributed by atoms with E-state index in [0.717, 1.165) is 18.8 Å². The minimum atomic E-state index is -0.377. The van der Waals surface area contributed by atoms with Gasteiger partial charge in [-0.3, -0.25) is 9.59 Å². The molecule has 0 radical (unpaired) electrons. The molecule has 5 heteroatoms.